The van der Waals surface area contributed by atoms with Gasteiger partial charge in [0, 0.05) is 23.1 Å². The van der Waals surface area contributed by atoms with E-state index in [1.165, 1.54) is 29.8 Å². The molecule has 2 rings (SSSR count). The van der Waals surface area contributed by atoms with Crippen molar-refractivity contribution in [3.05, 3.63) is 54.9 Å². The van der Waals surface area contributed by atoms with Crippen molar-refractivity contribution in [1.82, 2.24) is 9.55 Å². The molecule has 0 aliphatic heterocycles. The number of rotatable bonds is 3. The highest BCUT2D eigenvalue weighted by Gasteiger charge is 2.18. The van der Waals surface area contributed by atoms with E-state index in [1.54, 1.807) is 4.57 Å². The van der Waals surface area contributed by atoms with Gasteiger partial charge in [-0.05, 0) is 0 Å². The Morgan fingerprint density at radius 1 is 1.45 bits per heavy atom. The molecule has 0 spiro atoms. The Hall–Kier alpha value is -2.02. The summed E-state index contributed by atoms with van der Waals surface area (Å²) in [6, 6.07) is 1.20. The highest BCUT2D eigenvalue weighted by atomic mass is 32.1. The summed E-state index contributed by atoms with van der Waals surface area (Å²) in [7, 11) is 0. The van der Waals surface area contributed by atoms with E-state index in [9.17, 15) is 14.9 Å². The normalized spacial score (nSPS) is 11.6. The summed E-state index contributed by atoms with van der Waals surface area (Å²) >= 11 is 1.51. The standard InChI is InChI=1S/C13H15N3O3S/c1-13(2,3)11-8-20-12(14-11)7-15-5-4-10(17)9(6-15)16(18)19/h4-6,8H,7H2,1-3H3. The molecule has 0 saturated heterocycles. The second-order valence-electron chi connectivity index (χ2n) is 5.50. The van der Waals surface area contributed by atoms with Crippen molar-refractivity contribution in [3.63, 3.8) is 0 Å². The molecule has 6 nitrogen and oxygen atoms in total. The first-order valence-corrected chi connectivity index (χ1v) is 6.95. The summed E-state index contributed by atoms with van der Waals surface area (Å²) in [5, 5.41) is 13.6. The van der Waals surface area contributed by atoms with Crippen molar-refractivity contribution in [2.75, 3.05) is 0 Å². The lowest BCUT2D eigenvalue weighted by Gasteiger charge is -2.14. The first-order valence-electron chi connectivity index (χ1n) is 6.07. The van der Waals surface area contributed by atoms with Gasteiger partial charge in [0.15, 0.2) is 0 Å². The van der Waals surface area contributed by atoms with Crippen LogP contribution < -0.4 is 5.43 Å². The minimum Gasteiger partial charge on any atom is -0.341 e. The predicted molar refractivity (Wildman–Crippen MR) is 77.3 cm³/mol. The van der Waals surface area contributed by atoms with Gasteiger partial charge >= 0.3 is 5.69 Å². The van der Waals surface area contributed by atoms with Crippen molar-refractivity contribution in [2.45, 2.75) is 32.7 Å². The van der Waals surface area contributed by atoms with Crippen LogP contribution in [0.15, 0.2) is 28.6 Å². The van der Waals surface area contributed by atoms with Gasteiger partial charge in [-0.3, -0.25) is 14.9 Å². The zero-order valence-corrected chi connectivity index (χ0v) is 12.3. The molecule has 0 saturated carbocycles. The van der Waals surface area contributed by atoms with E-state index in [2.05, 4.69) is 25.8 Å². The minimum absolute atomic E-state index is 0.0235. The fourth-order valence-corrected chi connectivity index (χ4v) is 2.66. The first-order chi connectivity index (χ1) is 9.27. The van der Waals surface area contributed by atoms with Gasteiger partial charge in [0.2, 0.25) is 0 Å². The van der Waals surface area contributed by atoms with E-state index in [0.29, 0.717) is 6.54 Å². The SMILES string of the molecule is CC(C)(C)c1csc(Cn2ccc(=O)c([N+](=O)[O-])c2)n1. The molecule has 0 aromatic carbocycles. The topological polar surface area (TPSA) is 78.0 Å². The maximum Gasteiger partial charge on any atom is 0.332 e. The van der Waals surface area contributed by atoms with Crippen LogP contribution in [0.2, 0.25) is 0 Å². The molecule has 106 valence electrons. The highest BCUT2D eigenvalue weighted by molar-refractivity contribution is 7.09. The van der Waals surface area contributed by atoms with Gasteiger partial charge in [-0.1, -0.05) is 20.8 Å². The van der Waals surface area contributed by atoms with E-state index in [4.69, 9.17) is 0 Å². The van der Waals surface area contributed by atoms with E-state index in [1.807, 2.05) is 5.38 Å². The molecule has 2 aromatic rings. The van der Waals surface area contributed by atoms with Crippen molar-refractivity contribution < 1.29 is 4.92 Å². The van der Waals surface area contributed by atoms with Crippen LogP contribution in [0.3, 0.4) is 0 Å². The van der Waals surface area contributed by atoms with Gasteiger partial charge in [0.05, 0.1) is 23.4 Å². The molecule has 7 heteroatoms. The molecule has 0 atom stereocenters. The summed E-state index contributed by atoms with van der Waals surface area (Å²) in [5.74, 6) is 0. The monoisotopic (exact) mass is 293 g/mol. The fourth-order valence-electron chi connectivity index (χ4n) is 1.63. The number of nitrogens with zero attached hydrogens (tertiary/aromatic N) is 3. The summed E-state index contributed by atoms with van der Waals surface area (Å²) < 4.78 is 1.60. The Morgan fingerprint density at radius 2 is 2.15 bits per heavy atom. The average Bonchev–Trinajstić information content (AvgIpc) is 2.79. The summed E-state index contributed by atoms with van der Waals surface area (Å²) in [5.41, 5.74) is -0.0292. The number of thiazole rings is 1. The van der Waals surface area contributed by atoms with Gasteiger partial charge in [-0.2, -0.15) is 0 Å². The van der Waals surface area contributed by atoms with Gasteiger partial charge in [0.25, 0.3) is 5.43 Å². The van der Waals surface area contributed by atoms with Crippen LogP contribution in [0.4, 0.5) is 5.69 Å². The van der Waals surface area contributed by atoms with Crippen LogP contribution in [0.1, 0.15) is 31.5 Å². The molecular weight excluding hydrogens is 278 g/mol. The Morgan fingerprint density at radius 3 is 2.70 bits per heavy atom. The Labute approximate surface area is 119 Å². The third-order valence-electron chi connectivity index (χ3n) is 2.79. The van der Waals surface area contributed by atoms with Crippen LogP contribution in [-0.2, 0) is 12.0 Å². The van der Waals surface area contributed by atoms with E-state index in [0.717, 1.165) is 10.7 Å². The Kier molecular flexibility index (Phi) is 3.71. The van der Waals surface area contributed by atoms with E-state index >= 15 is 0 Å². The lowest BCUT2D eigenvalue weighted by atomic mass is 9.93. The molecule has 20 heavy (non-hydrogen) atoms. The number of nitro groups is 1. The molecule has 0 unspecified atom stereocenters. The maximum absolute atomic E-state index is 11.3. The lowest BCUT2D eigenvalue weighted by Crippen LogP contribution is -2.13. The zero-order valence-electron chi connectivity index (χ0n) is 11.5. The summed E-state index contributed by atoms with van der Waals surface area (Å²) in [6.45, 7) is 6.66. The van der Waals surface area contributed by atoms with Crippen LogP contribution in [-0.4, -0.2) is 14.5 Å². The average molecular weight is 293 g/mol. The smallest absolute Gasteiger partial charge is 0.332 e. The van der Waals surface area contributed by atoms with E-state index < -0.39 is 16.0 Å². The molecule has 0 amide bonds. The summed E-state index contributed by atoms with van der Waals surface area (Å²) in [6.07, 6.45) is 2.79. The van der Waals surface area contributed by atoms with Crippen LogP contribution >= 0.6 is 11.3 Å². The van der Waals surface area contributed by atoms with Crippen molar-refractivity contribution >= 4 is 17.0 Å². The maximum atomic E-state index is 11.3. The van der Waals surface area contributed by atoms with Crippen molar-refractivity contribution in [1.29, 1.82) is 0 Å². The minimum atomic E-state index is -0.665. The number of hydrogen-bond donors (Lipinski definition) is 0. The Bertz CT molecular complexity index is 697. The molecule has 0 bridgehead atoms. The molecular formula is C13H15N3O3S. The van der Waals surface area contributed by atoms with E-state index in [-0.39, 0.29) is 5.41 Å². The largest absolute Gasteiger partial charge is 0.341 e. The highest BCUT2D eigenvalue weighted by Crippen LogP contribution is 2.24. The quantitative estimate of drug-likeness (QED) is 0.643. The van der Waals surface area contributed by atoms with Gasteiger partial charge in [-0.25, -0.2) is 4.98 Å². The zero-order chi connectivity index (χ0) is 14.9. The predicted octanol–water partition coefficient (Wildman–Crippen LogP) is 2.56. The summed E-state index contributed by atoms with van der Waals surface area (Å²) in [4.78, 5) is 25.9. The third-order valence-corrected chi connectivity index (χ3v) is 3.63. The third kappa shape index (κ3) is 3.11. The Balaban J connectivity index is 2.27. The molecule has 2 aromatic heterocycles. The van der Waals surface area contributed by atoms with Crippen LogP contribution in [0, 0.1) is 10.1 Å². The van der Waals surface area contributed by atoms with Gasteiger partial charge < -0.3 is 4.57 Å². The number of aromatic nitrogens is 2. The molecule has 0 fully saturated rings. The molecule has 2 heterocycles. The number of hydrogen-bond acceptors (Lipinski definition) is 5. The molecule has 0 aliphatic rings. The first kappa shape index (κ1) is 14.4. The second-order valence-corrected chi connectivity index (χ2v) is 6.44. The second kappa shape index (κ2) is 5.16. The lowest BCUT2D eigenvalue weighted by molar-refractivity contribution is -0.386. The number of pyridine rings is 1. The van der Waals surface area contributed by atoms with Crippen LogP contribution in [0.25, 0.3) is 0 Å². The fraction of sp³-hybridized carbons (Fsp3) is 0.385. The van der Waals surface area contributed by atoms with Crippen molar-refractivity contribution in [3.8, 4) is 0 Å². The van der Waals surface area contributed by atoms with Crippen LogP contribution in [0.5, 0.6) is 0 Å². The molecule has 0 N–H and O–H groups in total. The molecule has 0 radical (unpaired) electrons. The van der Waals surface area contributed by atoms with Gasteiger partial charge in [0.1, 0.15) is 5.01 Å². The molecule has 0 aliphatic carbocycles. The van der Waals surface area contributed by atoms with Gasteiger partial charge in [-0.15, -0.1) is 11.3 Å². The van der Waals surface area contributed by atoms with Crippen molar-refractivity contribution in [2.24, 2.45) is 0 Å².